The van der Waals surface area contributed by atoms with Crippen LogP contribution in [0.2, 0.25) is 0 Å². The zero-order valence-electron chi connectivity index (χ0n) is 14.0. The molecular weight excluding hydrogens is 292 g/mol. The molecule has 1 aliphatic carbocycles. The van der Waals surface area contributed by atoms with Crippen LogP contribution < -0.4 is 16.2 Å². The van der Waals surface area contributed by atoms with Crippen LogP contribution in [-0.4, -0.2) is 37.2 Å². The van der Waals surface area contributed by atoms with E-state index in [-0.39, 0.29) is 11.6 Å². The van der Waals surface area contributed by atoms with E-state index in [1.54, 1.807) is 0 Å². The molecule has 1 saturated carbocycles. The molecule has 0 saturated heterocycles. The van der Waals surface area contributed by atoms with Crippen LogP contribution >= 0.6 is 0 Å². The molecule has 0 aliphatic heterocycles. The second kappa shape index (κ2) is 8.64. The summed E-state index contributed by atoms with van der Waals surface area (Å²) in [5.41, 5.74) is 11.8. The Balaban J connectivity index is 1.70. The van der Waals surface area contributed by atoms with Gasteiger partial charge in [-0.3, -0.25) is 0 Å². The molecule has 5 N–H and O–H groups in total. The van der Waals surface area contributed by atoms with Crippen LogP contribution in [0.3, 0.4) is 0 Å². The lowest BCUT2D eigenvalue weighted by molar-refractivity contribution is -0.0675. The van der Waals surface area contributed by atoms with Gasteiger partial charge in [-0.1, -0.05) is 25.1 Å². The zero-order valence-corrected chi connectivity index (χ0v) is 14.0. The number of ether oxygens (including phenoxy) is 2. The highest BCUT2D eigenvalue weighted by Gasteiger charge is 2.38. The van der Waals surface area contributed by atoms with E-state index < -0.39 is 6.10 Å². The van der Waals surface area contributed by atoms with E-state index in [9.17, 15) is 5.11 Å². The van der Waals surface area contributed by atoms with Gasteiger partial charge in [0.1, 0.15) is 18.6 Å². The molecule has 130 valence electrons. The average molecular weight is 322 g/mol. The fourth-order valence-electron chi connectivity index (χ4n) is 3.21. The van der Waals surface area contributed by atoms with Gasteiger partial charge < -0.3 is 26.0 Å². The third-order valence-electron chi connectivity index (χ3n) is 5.04. The minimum absolute atomic E-state index is 0.0441. The lowest BCUT2D eigenvalue weighted by Crippen LogP contribution is -2.46. The van der Waals surface area contributed by atoms with E-state index in [4.69, 9.17) is 20.9 Å². The van der Waals surface area contributed by atoms with Gasteiger partial charge in [0, 0.05) is 12.0 Å². The van der Waals surface area contributed by atoms with Crippen molar-refractivity contribution in [2.75, 3.05) is 19.8 Å². The number of aliphatic hydroxyl groups is 1. The molecule has 2 atom stereocenters. The third kappa shape index (κ3) is 5.18. The van der Waals surface area contributed by atoms with Crippen molar-refractivity contribution < 1.29 is 14.6 Å². The molecule has 2 rings (SSSR count). The quantitative estimate of drug-likeness (QED) is 0.502. The van der Waals surface area contributed by atoms with Crippen LogP contribution in [0.4, 0.5) is 0 Å². The van der Waals surface area contributed by atoms with E-state index in [2.05, 4.69) is 6.92 Å². The molecule has 1 aromatic carbocycles. The molecule has 23 heavy (non-hydrogen) atoms. The summed E-state index contributed by atoms with van der Waals surface area (Å²) >= 11 is 0. The molecule has 0 bridgehead atoms. The number of hydrogen-bond acceptors (Lipinski definition) is 5. The van der Waals surface area contributed by atoms with Crippen LogP contribution in [-0.2, 0) is 4.74 Å². The standard InChI is InChI=1S/C18H30N2O3/c1-18(9-7-14(8-10-18)16(21)13-19)17(20)23-12-11-22-15-5-3-2-4-6-15/h2-6,14,16-17,21H,7-13,19-20H2,1H3/t14?,16-,17?,18?/m0/s1. The molecular formula is C18H30N2O3. The number of para-hydroxylation sites is 1. The highest BCUT2D eigenvalue weighted by Crippen LogP contribution is 2.41. The summed E-state index contributed by atoms with van der Waals surface area (Å²) in [4.78, 5) is 0. The molecule has 0 radical (unpaired) electrons. The highest BCUT2D eigenvalue weighted by molar-refractivity contribution is 5.20. The molecule has 0 aromatic heterocycles. The predicted octanol–water partition coefficient (Wildman–Crippen LogP) is 1.88. The molecule has 5 nitrogen and oxygen atoms in total. The maximum Gasteiger partial charge on any atom is 0.119 e. The highest BCUT2D eigenvalue weighted by atomic mass is 16.5. The molecule has 0 spiro atoms. The topological polar surface area (TPSA) is 90.7 Å². The van der Waals surface area contributed by atoms with Crippen LogP contribution in [0.25, 0.3) is 0 Å². The van der Waals surface area contributed by atoms with Crippen molar-refractivity contribution in [3.05, 3.63) is 30.3 Å². The average Bonchev–Trinajstić information content (AvgIpc) is 2.59. The van der Waals surface area contributed by atoms with Gasteiger partial charge in [-0.25, -0.2) is 0 Å². The third-order valence-corrected chi connectivity index (χ3v) is 5.04. The van der Waals surface area contributed by atoms with Gasteiger partial charge >= 0.3 is 0 Å². The Morgan fingerprint density at radius 2 is 1.87 bits per heavy atom. The maximum atomic E-state index is 9.87. The first-order chi connectivity index (χ1) is 11.0. The van der Waals surface area contributed by atoms with E-state index in [0.717, 1.165) is 31.4 Å². The fraction of sp³-hybridized carbons (Fsp3) is 0.667. The number of aliphatic hydroxyl groups excluding tert-OH is 1. The first kappa shape index (κ1) is 18.2. The van der Waals surface area contributed by atoms with Gasteiger partial charge in [0.2, 0.25) is 0 Å². The Labute approximate surface area is 139 Å². The van der Waals surface area contributed by atoms with Crippen LogP contribution in [0.1, 0.15) is 32.6 Å². The van der Waals surface area contributed by atoms with Crippen molar-refractivity contribution in [2.24, 2.45) is 22.8 Å². The van der Waals surface area contributed by atoms with Gasteiger partial charge in [0.05, 0.1) is 12.7 Å². The molecule has 1 aromatic rings. The SMILES string of the molecule is CC1(C(N)OCCOc2ccccc2)CCC([C@@H](O)CN)CC1. The first-order valence-corrected chi connectivity index (χ1v) is 8.48. The Bertz CT molecular complexity index is 447. The van der Waals surface area contributed by atoms with Crippen LogP contribution in [0.15, 0.2) is 30.3 Å². The van der Waals surface area contributed by atoms with Crippen molar-refractivity contribution in [3.8, 4) is 5.75 Å². The summed E-state index contributed by atoms with van der Waals surface area (Å²) in [6, 6.07) is 9.68. The fourth-order valence-corrected chi connectivity index (χ4v) is 3.21. The van der Waals surface area contributed by atoms with Crippen molar-refractivity contribution in [2.45, 2.75) is 44.9 Å². The largest absolute Gasteiger partial charge is 0.491 e. The second-order valence-electron chi connectivity index (χ2n) is 6.75. The van der Waals surface area contributed by atoms with Gasteiger partial charge in [-0.05, 0) is 43.7 Å². The summed E-state index contributed by atoms with van der Waals surface area (Å²) in [5, 5.41) is 9.87. The molecule has 5 heteroatoms. The number of hydrogen-bond donors (Lipinski definition) is 3. The number of rotatable bonds is 8. The predicted molar refractivity (Wildman–Crippen MR) is 91.0 cm³/mol. The van der Waals surface area contributed by atoms with Crippen molar-refractivity contribution in [3.63, 3.8) is 0 Å². The van der Waals surface area contributed by atoms with Crippen molar-refractivity contribution in [1.82, 2.24) is 0 Å². The summed E-state index contributed by atoms with van der Waals surface area (Å²) in [6.45, 7) is 3.46. The lowest BCUT2D eigenvalue weighted by atomic mass is 9.69. The minimum atomic E-state index is -0.393. The van der Waals surface area contributed by atoms with Gasteiger partial charge in [-0.2, -0.15) is 0 Å². The Hall–Kier alpha value is -1.14. The van der Waals surface area contributed by atoms with Crippen molar-refractivity contribution in [1.29, 1.82) is 0 Å². The van der Waals surface area contributed by atoms with Gasteiger partial charge in [0.15, 0.2) is 0 Å². The molecule has 0 heterocycles. The Kier molecular flexibility index (Phi) is 6.84. The molecule has 1 aliphatic rings. The second-order valence-corrected chi connectivity index (χ2v) is 6.75. The molecule has 1 fully saturated rings. The maximum absolute atomic E-state index is 9.87. The number of nitrogens with two attached hydrogens (primary N) is 2. The zero-order chi connectivity index (χ0) is 16.7. The monoisotopic (exact) mass is 322 g/mol. The summed E-state index contributed by atoms with van der Waals surface area (Å²) in [6.07, 6.45) is 3.11. The summed E-state index contributed by atoms with van der Waals surface area (Å²) < 4.78 is 11.4. The van der Waals surface area contributed by atoms with E-state index in [1.165, 1.54) is 0 Å². The normalized spacial score (nSPS) is 27.4. The van der Waals surface area contributed by atoms with Crippen LogP contribution in [0.5, 0.6) is 5.75 Å². The van der Waals surface area contributed by atoms with Crippen LogP contribution in [0, 0.1) is 11.3 Å². The van der Waals surface area contributed by atoms with E-state index in [0.29, 0.717) is 25.7 Å². The smallest absolute Gasteiger partial charge is 0.119 e. The minimum Gasteiger partial charge on any atom is -0.491 e. The van der Waals surface area contributed by atoms with Gasteiger partial charge in [0.25, 0.3) is 0 Å². The molecule has 0 amide bonds. The van der Waals surface area contributed by atoms with E-state index >= 15 is 0 Å². The summed E-state index contributed by atoms with van der Waals surface area (Å²) in [7, 11) is 0. The summed E-state index contributed by atoms with van der Waals surface area (Å²) in [5.74, 6) is 1.13. The van der Waals surface area contributed by atoms with Gasteiger partial charge in [-0.15, -0.1) is 0 Å². The Morgan fingerprint density at radius 1 is 1.22 bits per heavy atom. The lowest BCUT2D eigenvalue weighted by Gasteiger charge is -2.42. The molecule has 1 unspecified atom stereocenters. The van der Waals surface area contributed by atoms with Crippen molar-refractivity contribution >= 4 is 0 Å². The number of benzene rings is 1. The first-order valence-electron chi connectivity index (χ1n) is 8.48. The Morgan fingerprint density at radius 3 is 2.48 bits per heavy atom. The van der Waals surface area contributed by atoms with E-state index in [1.807, 2.05) is 30.3 Å².